The molecule has 1 aromatic rings. The van der Waals surface area contributed by atoms with Gasteiger partial charge in [0.15, 0.2) is 0 Å². The Morgan fingerprint density at radius 3 is 2.56 bits per heavy atom. The summed E-state index contributed by atoms with van der Waals surface area (Å²) in [6.45, 7) is 8.68. The van der Waals surface area contributed by atoms with Crippen LogP contribution in [-0.2, 0) is 11.2 Å². The molecule has 1 rings (SSSR count). The predicted molar refractivity (Wildman–Crippen MR) is 72.3 cm³/mol. The van der Waals surface area contributed by atoms with Crippen molar-refractivity contribution in [2.75, 3.05) is 6.61 Å². The third-order valence-corrected chi connectivity index (χ3v) is 3.74. The maximum Gasteiger partial charge on any atom is 0.347 e. The minimum Gasteiger partial charge on any atom is -0.477 e. The molecule has 1 atom stereocenters. The molecule has 0 spiro atoms. The molecule has 0 saturated heterocycles. The number of carboxylic acid groups (broad SMARTS) is 1. The fourth-order valence-corrected chi connectivity index (χ4v) is 2.97. The number of ether oxygens (including phenoxy) is 1. The van der Waals surface area contributed by atoms with E-state index in [9.17, 15) is 9.90 Å². The molecule has 102 valence electrons. The third kappa shape index (κ3) is 3.53. The molecule has 0 radical (unpaired) electrons. The number of hydrogen-bond acceptors (Lipinski definition) is 4. The van der Waals surface area contributed by atoms with E-state index in [0.29, 0.717) is 23.6 Å². The summed E-state index contributed by atoms with van der Waals surface area (Å²) in [4.78, 5) is 16.0. The highest BCUT2D eigenvalue weighted by atomic mass is 32.1. The summed E-state index contributed by atoms with van der Waals surface area (Å²) in [7, 11) is 0. The van der Waals surface area contributed by atoms with Gasteiger partial charge in [0.25, 0.3) is 0 Å². The Labute approximate surface area is 112 Å². The van der Waals surface area contributed by atoms with Crippen LogP contribution in [0.3, 0.4) is 0 Å². The summed E-state index contributed by atoms with van der Waals surface area (Å²) in [5.74, 6) is -0.603. The molecule has 18 heavy (non-hydrogen) atoms. The SMILES string of the molecule is CCCc1nc(C(OCC)C(C)C)sc1C(=O)O. The van der Waals surface area contributed by atoms with Gasteiger partial charge in [-0.2, -0.15) is 0 Å². The van der Waals surface area contributed by atoms with E-state index in [2.05, 4.69) is 18.8 Å². The van der Waals surface area contributed by atoms with Crippen molar-refractivity contribution in [3.63, 3.8) is 0 Å². The average Bonchev–Trinajstić information content (AvgIpc) is 2.69. The normalized spacial score (nSPS) is 12.9. The van der Waals surface area contributed by atoms with Crippen LogP contribution in [0.15, 0.2) is 0 Å². The first-order valence-corrected chi connectivity index (χ1v) is 7.17. The molecule has 1 aromatic heterocycles. The molecule has 0 aliphatic heterocycles. The van der Waals surface area contributed by atoms with Crippen molar-refractivity contribution in [2.24, 2.45) is 5.92 Å². The second-order valence-corrected chi connectivity index (χ2v) is 5.53. The Balaban J connectivity index is 3.08. The number of hydrogen-bond donors (Lipinski definition) is 1. The van der Waals surface area contributed by atoms with Crippen LogP contribution in [0.25, 0.3) is 0 Å². The van der Waals surface area contributed by atoms with Crippen molar-refractivity contribution in [3.05, 3.63) is 15.6 Å². The lowest BCUT2D eigenvalue weighted by Gasteiger charge is -2.17. The van der Waals surface area contributed by atoms with E-state index in [0.717, 1.165) is 11.4 Å². The zero-order valence-corrected chi connectivity index (χ0v) is 12.2. The van der Waals surface area contributed by atoms with Crippen molar-refractivity contribution in [3.8, 4) is 0 Å². The van der Waals surface area contributed by atoms with Crippen LogP contribution in [-0.4, -0.2) is 22.7 Å². The van der Waals surface area contributed by atoms with Crippen LogP contribution < -0.4 is 0 Å². The van der Waals surface area contributed by atoms with Crippen LogP contribution in [0.1, 0.15) is 60.6 Å². The molecule has 0 saturated carbocycles. The number of rotatable bonds is 7. The minimum absolute atomic E-state index is 0.108. The molecule has 0 aliphatic rings. The van der Waals surface area contributed by atoms with Crippen molar-refractivity contribution in [1.29, 1.82) is 0 Å². The highest BCUT2D eigenvalue weighted by Gasteiger charge is 2.24. The van der Waals surface area contributed by atoms with Gasteiger partial charge in [-0.1, -0.05) is 27.2 Å². The molecule has 0 aliphatic carbocycles. The Kier molecular flexibility index (Phi) is 5.75. The zero-order valence-electron chi connectivity index (χ0n) is 11.4. The predicted octanol–water partition coefficient (Wildman–Crippen LogP) is 3.53. The highest BCUT2D eigenvalue weighted by molar-refractivity contribution is 7.13. The monoisotopic (exact) mass is 271 g/mol. The zero-order chi connectivity index (χ0) is 13.7. The smallest absolute Gasteiger partial charge is 0.347 e. The first-order chi connectivity index (χ1) is 8.51. The van der Waals surface area contributed by atoms with Gasteiger partial charge in [0.05, 0.1) is 5.69 Å². The molecule has 0 aromatic carbocycles. The summed E-state index contributed by atoms with van der Waals surface area (Å²) >= 11 is 1.25. The Bertz CT molecular complexity index is 401. The van der Waals surface area contributed by atoms with Crippen LogP contribution in [0.2, 0.25) is 0 Å². The standard InChI is InChI=1S/C13H21NO3S/c1-5-7-9-11(13(15)16)18-12(14-9)10(8(3)4)17-6-2/h8,10H,5-7H2,1-4H3,(H,15,16). The number of carboxylic acids is 1. The second kappa shape index (κ2) is 6.85. The van der Waals surface area contributed by atoms with Gasteiger partial charge in [-0.25, -0.2) is 9.78 Å². The Morgan fingerprint density at radius 1 is 1.44 bits per heavy atom. The first-order valence-electron chi connectivity index (χ1n) is 6.35. The fourth-order valence-electron chi connectivity index (χ4n) is 1.79. The van der Waals surface area contributed by atoms with Gasteiger partial charge in [-0.05, 0) is 19.3 Å². The molecular formula is C13H21NO3S. The minimum atomic E-state index is -0.888. The maximum atomic E-state index is 11.2. The Hall–Kier alpha value is -0.940. The number of nitrogens with zero attached hydrogens (tertiary/aromatic N) is 1. The Morgan fingerprint density at radius 2 is 2.11 bits per heavy atom. The van der Waals surface area contributed by atoms with E-state index in [4.69, 9.17) is 4.74 Å². The fraction of sp³-hybridized carbons (Fsp3) is 0.692. The molecule has 1 N–H and O–H groups in total. The third-order valence-electron chi connectivity index (χ3n) is 2.59. The van der Waals surface area contributed by atoms with E-state index in [1.165, 1.54) is 11.3 Å². The van der Waals surface area contributed by atoms with Gasteiger partial charge in [-0.3, -0.25) is 0 Å². The van der Waals surface area contributed by atoms with E-state index in [1.54, 1.807) is 0 Å². The van der Waals surface area contributed by atoms with Gasteiger partial charge in [0.2, 0.25) is 0 Å². The number of aromatic nitrogens is 1. The van der Waals surface area contributed by atoms with E-state index in [1.807, 2.05) is 13.8 Å². The molecule has 1 heterocycles. The maximum absolute atomic E-state index is 11.2. The van der Waals surface area contributed by atoms with Gasteiger partial charge < -0.3 is 9.84 Å². The number of thiazole rings is 1. The highest BCUT2D eigenvalue weighted by Crippen LogP contribution is 2.31. The van der Waals surface area contributed by atoms with E-state index >= 15 is 0 Å². The van der Waals surface area contributed by atoms with Crippen molar-refractivity contribution in [1.82, 2.24) is 4.98 Å². The summed E-state index contributed by atoms with van der Waals surface area (Å²) in [5.41, 5.74) is 0.690. The van der Waals surface area contributed by atoms with Gasteiger partial charge in [-0.15, -0.1) is 11.3 Å². The average molecular weight is 271 g/mol. The van der Waals surface area contributed by atoms with Crippen LogP contribution in [0, 0.1) is 5.92 Å². The van der Waals surface area contributed by atoms with E-state index < -0.39 is 5.97 Å². The van der Waals surface area contributed by atoms with Gasteiger partial charge in [0, 0.05) is 6.61 Å². The molecule has 0 amide bonds. The topological polar surface area (TPSA) is 59.4 Å². The van der Waals surface area contributed by atoms with E-state index in [-0.39, 0.29) is 12.0 Å². The van der Waals surface area contributed by atoms with Gasteiger partial charge >= 0.3 is 5.97 Å². The summed E-state index contributed by atoms with van der Waals surface area (Å²) < 4.78 is 5.67. The lowest BCUT2D eigenvalue weighted by Crippen LogP contribution is -2.10. The number of aryl methyl sites for hydroxylation is 1. The summed E-state index contributed by atoms with van der Waals surface area (Å²) in [6.07, 6.45) is 1.49. The summed E-state index contributed by atoms with van der Waals surface area (Å²) in [5, 5.41) is 9.97. The number of carbonyl (C=O) groups is 1. The van der Waals surface area contributed by atoms with Crippen molar-refractivity contribution >= 4 is 17.3 Å². The lowest BCUT2D eigenvalue weighted by atomic mass is 10.1. The van der Waals surface area contributed by atoms with Crippen molar-refractivity contribution < 1.29 is 14.6 Å². The number of aromatic carboxylic acids is 1. The molecule has 1 unspecified atom stereocenters. The van der Waals surface area contributed by atoms with Crippen molar-refractivity contribution in [2.45, 2.75) is 46.6 Å². The largest absolute Gasteiger partial charge is 0.477 e. The lowest BCUT2D eigenvalue weighted by molar-refractivity contribution is 0.0292. The van der Waals surface area contributed by atoms with Crippen LogP contribution in [0.5, 0.6) is 0 Å². The second-order valence-electron chi connectivity index (χ2n) is 4.50. The molecule has 5 heteroatoms. The molecule has 0 bridgehead atoms. The summed E-state index contributed by atoms with van der Waals surface area (Å²) in [6, 6.07) is 0. The van der Waals surface area contributed by atoms with Gasteiger partial charge in [0.1, 0.15) is 16.0 Å². The van der Waals surface area contributed by atoms with Crippen LogP contribution >= 0.6 is 11.3 Å². The molecular weight excluding hydrogens is 250 g/mol. The molecule has 4 nitrogen and oxygen atoms in total. The quantitative estimate of drug-likeness (QED) is 0.824. The van der Waals surface area contributed by atoms with Crippen LogP contribution in [0.4, 0.5) is 0 Å². The molecule has 0 fully saturated rings. The first kappa shape index (κ1) is 15.1.